The minimum Gasteiger partial charge on any atom is -0.478 e. The molecule has 0 bridgehead atoms. The maximum atomic E-state index is 10.9. The largest absolute Gasteiger partial charge is 0.478 e. The van der Waals surface area contributed by atoms with Crippen LogP contribution in [0.15, 0.2) is 22.7 Å². The molecule has 0 saturated carbocycles. The molecule has 0 heterocycles. The molecule has 1 rings (SSSR count). The van der Waals surface area contributed by atoms with Crippen LogP contribution < -0.4 is 5.32 Å². The summed E-state index contributed by atoms with van der Waals surface area (Å²) in [5.74, 6) is -4.23. The van der Waals surface area contributed by atoms with E-state index >= 15 is 0 Å². The predicted molar refractivity (Wildman–Crippen MR) is 57.4 cm³/mol. The second-order valence-corrected chi connectivity index (χ2v) is 3.67. The zero-order chi connectivity index (χ0) is 12.3. The van der Waals surface area contributed by atoms with Gasteiger partial charge in [0, 0.05) is 4.47 Å². The third-order valence-corrected chi connectivity index (χ3v) is 2.15. The summed E-state index contributed by atoms with van der Waals surface area (Å²) in [6, 6.07) is 4.04. The van der Waals surface area contributed by atoms with Gasteiger partial charge in [-0.1, -0.05) is 15.9 Å². The van der Waals surface area contributed by atoms with Crippen LogP contribution in [0.25, 0.3) is 0 Å². The van der Waals surface area contributed by atoms with Crippen molar-refractivity contribution in [1.82, 2.24) is 0 Å². The Hall–Kier alpha value is -1.89. The number of halogens is 1. The van der Waals surface area contributed by atoms with Crippen molar-refractivity contribution in [3.8, 4) is 0 Å². The number of carboxylic acid groups (broad SMARTS) is 2. The van der Waals surface area contributed by atoms with Gasteiger partial charge in [0.15, 0.2) is 0 Å². The number of rotatable bonds is 2. The van der Waals surface area contributed by atoms with Crippen molar-refractivity contribution in [2.45, 2.75) is 0 Å². The molecule has 16 heavy (non-hydrogen) atoms. The van der Waals surface area contributed by atoms with Crippen LogP contribution in [-0.4, -0.2) is 28.1 Å². The summed E-state index contributed by atoms with van der Waals surface area (Å²) in [6.45, 7) is 0. The number of hydrogen-bond donors (Lipinski definition) is 3. The first-order valence-corrected chi connectivity index (χ1v) is 4.78. The molecule has 0 radical (unpaired) electrons. The second kappa shape index (κ2) is 4.75. The zero-order valence-corrected chi connectivity index (χ0v) is 9.32. The maximum absolute atomic E-state index is 10.9. The first-order chi connectivity index (χ1) is 7.41. The highest BCUT2D eigenvalue weighted by Gasteiger charge is 2.16. The molecule has 1 aromatic rings. The molecule has 0 aliphatic heterocycles. The van der Waals surface area contributed by atoms with Crippen molar-refractivity contribution in [2.24, 2.45) is 0 Å². The molecule has 1 aromatic carbocycles. The van der Waals surface area contributed by atoms with Gasteiger partial charge in [-0.05, 0) is 18.2 Å². The topological polar surface area (TPSA) is 104 Å². The van der Waals surface area contributed by atoms with Gasteiger partial charge in [0.25, 0.3) is 0 Å². The first kappa shape index (κ1) is 12.2. The van der Waals surface area contributed by atoms with Crippen LogP contribution in [0.1, 0.15) is 10.4 Å². The standard InChI is InChI=1S/C9H6BrNO5/c10-4-1-2-5(8(13)14)6(3-4)11-7(12)9(15)16/h1-3H,(H,11,12)(H,13,14)(H,15,16). The fourth-order valence-corrected chi connectivity index (χ4v) is 1.34. The molecule has 0 aliphatic rings. The number of benzene rings is 1. The lowest BCUT2D eigenvalue weighted by atomic mass is 10.2. The van der Waals surface area contributed by atoms with Gasteiger partial charge >= 0.3 is 17.8 Å². The lowest BCUT2D eigenvalue weighted by molar-refractivity contribution is -0.147. The van der Waals surface area contributed by atoms with Crippen molar-refractivity contribution >= 4 is 39.5 Å². The molecule has 0 aromatic heterocycles. The normalized spacial score (nSPS) is 9.56. The summed E-state index contributed by atoms with van der Waals surface area (Å²) in [7, 11) is 0. The Bertz CT molecular complexity index is 471. The average molecular weight is 288 g/mol. The third-order valence-electron chi connectivity index (χ3n) is 1.65. The van der Waals surface area contributed by atoms with Gasteiger partial charge in [-0.2, -0.15) is 0 Å². The minimum atomic E-state index is -1.68. The first-order valence-electron chi connectivity index (χ1n) is 3.99. The molecule has 1 amide bonds. The molecular weight excluding hydrogens is 282 g/mol. The monoisotopic (exact) mass is 287 g/mol. The zero-order valence-electron chi connectivity index (χ0n) is 7.73. The Morgan fingerprint density at radius 3 is 2.31 bits per heavy atom. The van der Waals surface area contributed by atoms with E-state index in [2.05, 4.69) is 15.9 Å². The molecule has 0 spiro atoms. The SMILES string of the molecule is O=C(O)C(=O)Nc1cc(Br)ccc1C(=O)O. The number of anilines is 1. The quantitative estimate of drug-likeness (QED) is 0.709. The van der Waals surface area contributed by atoms with Crippen LogP contribution in [0.2, 0.25) is 0 Å². The van der Waals surface area contributed by atoms with Crippen LogP contribution in [0.3, 0.4) is 0 Å². The van der Waals surface area contributed by atoms with Crippen molar-refractivity contribution in [2.75, 3.05) is 5.32 Å². The number of nitrogens with one attached hydrogen (secondary N) is 1. The molecule has 84 valence electrons. The van der Waals surface area contributed by atoms with Crippen molar-refractivity contribution < 1.29 is 24.6 Å². The Morgan fingerprint density at radius 2 is 1.81 bits per heavy atom. The van der Waals surface area contributed by atoms with Gasteiger partial charge in [0.05, 0.1) is 11.3 Å². The summed E-state index contributed by atoms with van der Waals surface area (Å²) in [4.78, 5) is 31.9. The number of aliphatic carboxylic acids is 1. The Labute approximate surface area is 98.0 Å². The van der Waals surface area contributed by atoms with Crippen LogP contribution in [0.4, 0.5) is 5.69 Å². The lowest BCUT2D eigenvalue weighted by Crippen LogP contribution is -2.23. The van der Waals surface area contributed by atoms with Gasteiger partial charge in [0.2, 0.25) is 0 Å². The van der Waals surface area contributed by atoms with Gasteiger partial charge in [-0.3, -0.25) is 4.79 Å². The summed E-state index contributed by atoms with van der Waals surface area (Å²) in [5, 5.41) is 19.1. The van der Waals surface area contributed by atoms with Gasteiger partial charge in [-0.15, -0.1) is 0 Å². The Kier molecular flexibility index (Phi) is 3.62. The summed E-state index contributed by atoms with van der Waals surface area (Å²) in [5.41, 5.74) is -0.257. The van der Waals surface area contributed by atoms with Crippen molar-refractivity contribution in [3.05, 3.63) is 28.2 Å². The number of carboxylic acids is 2. The van der Waals surface area contributed by atoms with E-state index in [9.17, 15) is 14.4 Å². The highest BCUT2D eigenvalue weighted by molar-refractivity contribution is 9.10. The number of hydrogen-bond acceptors (Lipinski definition) is 3. The highest BCUT2D eigenvalue weighted by atomic mass is 79.9. The molecule has 0 atom stereocenters. The number of amides is 1. The van der Waals surface area contributed by atoms with E-state index in [4.69, 9.17) is 10.2 Å². The van der Waals surface area contributed by atoms with E-state index < -0.39 is 17.8 Å². The molecular formula is C9H6BrNO5. The fourth-order valence-electron chi connectivity index (χ4n) is 0.982. The highest BCUT2D eigenvalue weighted by Crippen LogP contribution is 2.21. The van der Waals surface area contributed by atoms with Crippen molar-refractivity contribution in [3.63, 3.8) is 0 Å². The molecule has 7 heteroatoms. The number of carbonyl (C=O) groups is 3. The van der Waals surface area contributed by atoms with Crippen LogP contribution >= 0.6 is 15.9 Å². The molecule has 0 saturated heterocycles. The van der Waals surface area contributed by atoms with E-state index in [0.29, 0.717) is 4.47 Å². The predicted octanol–water partition coefficient (Wildman–Crippen LogP) is 1.17. The van der Waals surface area contributed by atoms with E-state index in [1.54, 1.807) is 0 Å². The van der Waals surface area contributed by atoms with E-state index in [0.717, 1.165) is 0 Å². The Balaban J connectivity index is 3.10. The van der Waals surface area contributed by atoms with Gasteiger partial charge in [-0.25, -0.2) is 9.59 Å². The number of carbonyl (C=O) groups excluding carboxylic acids is 1. The summed E-state index contributed by atoms with van der Waals surface area (Å²) >= 11 is 3.08. The number of aromatic carboxylic acids is 1. The van der Waals surface area contributed by atoms with Crippen LogP contribution in [0.5, 0.6) is 0 Å². The minimum absolute atomic E-state index is 0.0747. The molecule has 0 aliphatic carbocycles. The van der Waals surface area contributed by atoms with E-state index in [1.165, 1.54) is 18.2 Å². The Morgan fingerprint density at radius 1 is 1.19 bits per heavy atom. The molecule has 3 N–H and O–H groups in total. The van der Waals surface area contributed by atoms with Gasteiger partial charge < -0.3 is 15.5 Å². The van der Waals surface area contributed by atoms with Crippen LogP contribution in [-0.2, 0) is 9.59 Å². The second-order valence-electron chi connectivity index (χ2n) is 2.75. The molecule has 0 unspecified atom stereocenters. The summed E-state index contributed by atoms with van der Waals surface area (Å²) < 4.78 is 0.526. The maximum Gasteiger partial charge on any atom is 0.394 e. The van der Waals surface area contributed by atoms with Gasteiger partial charge in [0.1, 0.15) is 0 Å². The fraction of sp³-hybridized carbons (Fsp3) is 0. The molecule has 0 fully saturated rings. The van der Waals surface area contributed by atoms with Crippen molar-refractivity contribution in [1.29, 1.82) is 0 Å². The lowest BCUT2D eigenvalue weighted by Gasteiger charge is -2.06. The molecule has 6 nitrogen and oxygen atoms in total. The van der Waals surface area contributed by atoms with E-state index in [-0.39, 0.29) is 11.3 Å². The smallest absolute Gasteiger partial charge is 0.394 e. The summed E-state index contributed by atoms with van der Waals surface area (Å²) in [6.07, 6.45) is 0. The average Bonchev–Trinajstić information content (AvgIpc) is 2.16. The van der Waals surface area contributed by atoms with Crippen LogP contribution in [0, 0.1) is 0 Å². The van der Waals surface area contributed by atoms with E-state index in [1.807, 2.05) is 5.32 Å². The third kappa shape index (κ3) is 2.80.